The van der Waals surface area contributed by atoms with Gasteiger partial charge in [0.2, 0.25) is 0 Å². The van der Waals surface area contributed by atoms with E-state index < -0.39 is 4.92 Å². The van der Waals surface area contributed by atoms with Crippen LogP contribution < -0.4 is 0 Å². The molecule has 0 saturated heterocycles. The number of alkyl halides is 1. The monoisotopic (exact) mass is 201 g/mol. The molecule has 0 aromatic carbocycles. The van der Waals surface area contributed by atoms with E-state index in [2.05, 4.69) is 11.7 Å². The third-order valence-corrected chi connectivity index (χ3v) is 1.77. The number of halogens is 1. The minimum atomic E-state index is -0.542. The zero-order valence-corrected chi connectivity index (χ0v) is 7.57. The fraction of sp³-hybridized carbons (Fsp3) is 0.286. The van der Waals surface area contributed by atoms with E-state index in [-0.39, 0.29) is 5.82 Å². The third-order valence-electron chi connectivity index (χ3n) is 1.39. The first kappa shape index (κ1) is 9.73. The number of hydrogen-bond donors (Lipinski definition) is 0. The van der Waals surface area contributed by atoms with Crippen LogP contribution in [0.3, 0.4) is 0 Å². The Labute approximate surface area is 79.8 Å². The SMILES string of the molecule is C=C(CCl)Cn1ccc([N+](=O)[O-])n1. The molecule has 1 heterocycles. The lowest BCUT2D eigenvalue weighted by Crippen LogP contribution is -2.02. The Kier molecular flexibility index (Phi) is 3.02. The van der Waals surface area contributed by atoms with Crippen molar-refractivity contribution in [2.45, 2.75) is 6.54 Å². The smallest absolute Gasteiger partial charge is 0.358 e. The van der Waals surface area contributed by atoms with E-state index >= 15 is 0 Å². The van der Waals surface area contributed by atoms with Crippen molar-refractivity contribution in [3.63, 3.8) is 0 Å². The fourth-order valence-electron chi connectivity index (χ4n) is 0.808. The second kappa shape index (κ2) is 4.04. The summed E-state index contributed by atoms with van der Waals surface area (Å²) in [6.07, 6.45) is 1.52. The van der Waals surface area contributed by atoms with Crippen molar-refractivity contribution in [1.82, 2.24) is 9.78 Å². The van der Waals surface area contributed by atoms with Crippen LogP contribution in [0.4, 0.5) is 5.82 Å². The lowest BCUT2D eigenvalue weighted by Gasteiger charge is -1.95. The van der Waals surface area contributed by atoms with Crippen molar-refractivity contribution in [2.75, 3.05) is 5.88 Å². The molecule has 5 nitrogen and oxygen atoms in total. The van der Waals surface area contributed by atoms with Crippen LogP contribution in [0.15, 0.2) is 24.4 Å². The van der Waals surface area contributed by atoms with Gasteiger partial charge in [0.15, 0.2) is 0 Å². The predicted octanol–water partition coefficient (Wildman–Crippen LogP) is 1.59. The van der Waals surface area contributed by atoms with Crippen molar-refractivity contribution in [3.05, 3.63) is 34.5 Å². The van der Waals surface area contributed by atoms with E-state index in [4.69, 9.17) is 11.6 Å². The number of rotatable bonds is 4. The number of aromatic nitrogens is 2. The van der Waals surface area contributed by atoms with Gasteiger partial charge in [-0.3, -0.25) is 0 Å². The fourth-order valence-corrected chi connectivity index (χ4v) is 0.892. The van der Waals surface area contributed by atoms with Gasteiger partial charge in [0.1, 0.15) is 0 Å². The maximum Gasteiger partial charge on any atom is 0.389 e. The van der Waals surface area contributed by atoms with Gasteiger partial charge >= 0.3 is 5.82 Å². The van der Waals surface area contributed by atoms with Gasteiger partial charge < -0.3 is 10.1 Å². The molecule has 0 bridgehead atoms. The number of hydrogen-bond acceptors (Lipinski definition) is 3. The minimum Gasteiger partial charge on any atom is -0.358 e. The molecule has 13 heavy (non-hydrogen) atoms. The van der Waals surface area contributed by atoms with Gasteiger partial charge in [0, 0.05) is 5.88 Å². The highest BCUT2D eigenvalue weighted by molar-refractivity contribution is 6.19. The summed E-state index contributed by atoms with van der Waals surface area (Å²) in [5.41, 5.74) is 0.764. The molecule has 0 fully saturated rings. The molecule has 70 valence electrons. The van der Waals surface area contributed by atoms with Crippen molar-refractivity contribution in [3.8, 4) is 0 Å². The summed E-state index contributed by atoms with van der Waals surface area (Å²) in [6.45, 7) is 4.07. The molecule has 6 heteroatoms. The zero-order chi connectivity index (χ0) is 9.84. The van der Waals surface area contributed by atoms with Crippen molar-refractivity contribution in [1.29, 1.82) is 0 Å². The summed E-state index contributed by atoms with van der Waals surface area (Å²) in [6, 6.07) is 1.33. The first-order chi connectivity index (χ1) is 6.13. The van der Waals surface area contributed by atoms with Crippen LogP contribution in [-0.2, 0) is 6.54 Å². The van der Waals surface area contributed by atoms with Gasteiger partial charge in [-0.25, -0.2) is 0 Å². The van der Waals surface area contributed by atoms with Crippen LogP contribution in [0, 0.1) is 10.1 Å². The summed E-state index contributed by atoms with van der Waals surface area (Å²) < 4.78 is 1.43. The number of nitro groups is 1. The molecule has 1 rings (SSSR count). The molecule has 1 aromatic heterocycles. The Balaban J connectivity index is 2.69. The van der Waals surface area contributed by atoms with E-state index in [1.807, 2.05) is 0 Å². The lowest BCUT2D eigenvalue weighted by atomic mass is 10.3. The molecule has 0 atom stereocenters. The Bertz CT molecular complexity index is 334. The van der Waals surface area contributed by atoms with Crippen molar-refractivity contribution in [2.24, 2.45) is 0 Å². The van der Waals surface area contributed by atoms with E-state index in [0.29, 0.717) is 12.4 Å². The van der Waals surface area contributed by atoms with Crippen LogP contribution in [0.2, 0.25) is 0 Å². The van der Waals surface area contributed by atoms with Crippen molar-refractivity contribution < 1.29 is 4.92 Å². The van der Waals surface area contributed by atoms with Gasteiger partial charge in [-0.1, -0.05) is 6.58 Å². The zero-order valence-electron chi connectivity index (χ0n) is 6.81. The predicted molar refractivity (Wildman–Crippen MR) is 48.7 cm³/mol. The molecule has 0 radical (unpaired) electrons. The molecule has 0 spiro atoms. The molecule has 0 unspecified atom stereocenters. The molecular weight excluding hydrogens is 194 g/mol. The lowest BCUT2D eigenvalue weighted by molar-refractivity contribution is -0.389. The summed E-state index contributed by atoms with van der Waals surface area (Å²) in [5.74, 6) is 0.163. The second-order valence-corrected chi connectivity index (χ2v) is 2.78. The van der Waals surface area contributed by atoms with Crippen LogP contribution in [0.25, 0.3) is 0 Å². The summed E-state index contributed by atoms with van der Waals surface area (Å²) in [7, 11) is 0. The van der Waals surface area contributed by atoms with E-state index in [0.717, 1.165) is 5.57 Å². The highest BCUT2D eigenvalue weighted by Gasteiger charge is 2.10. The first-order valence-corrected chi connectivity index (χ1v) is 4.07. The number of allylic oxidation sites excluding steroid dienone is 1. The minimum absolute atomic E-state index is 0.164. The van der Waals surface area contributed by atoms with Crippen LogP contribution >= 0.6 is 11.6 Å². The molecular formula is C7H8ClN3O2. The highest BCUT2D eigenvalue weighted by Crippen LogP contribution is 2.07. The van der Waals surface area contributed by atoms with Gasteiger partial charge in [0.05, 0.1) is 23.9 Å². The molecule has 0 saturated carbocycles. The van der Waals surface area contributed by atoms with Crippen LogP contribution in [0.1, 0.15) is 0 Å². The molecule has 1 aromatic rings. The quantitative estimate of drug-likeness (QED) is 0.322. The number of nitrogens with zero attached hydrogens (tertiary/aromatic N) is 3. The van der Waals surface area contributed by atoms with E-state index in [9.17, 15) is 10.1 Å². The first-order valence-electron chi connectivity index (χ1n) is 3.54. The topological polar surface area (TPSA) is 61.0 Å². The van der Waals surface area contributed by atoms with Gasteiger partial charge in [-0.05, 0) is 10.5 Å². The second-order valence-electron chi connectivity index (χ2n) is 2.51. The molecule has 0 aliphatic heterocycles. The summed E-state index contributed by atoms with van der Waals surface area (Å²) in [5, 5.41) is 13.9. The molecule has 0 aliphatic rings. The maximum absolute atomic E-state index is 10.3. The van der Waals surface area contributed by atoms with Gasteiger partial charge in [0.25, 0.3) is 0 Å². The van der Waals surface area contributed by atoms with E-state index in [1.165, 1.54) is 16.9 Å². The normalized spacial score (nSPS) is 9.92. The Morgan fingerprint density at radius 3 is 3.00 bits per heavy atom. The Morgan fingerprint density at radius 1 is 1.85 bits per heavy atom. The van der Waals surface area contributed by atoms with Gasteiger partial charge in [-0.2, -0.15) is 4.68 Å². The van der Waals surface area contributed by atoms with Crippen molar-refractivity contribution >= 4 is 17.4 Å². The maximum atomic E-state index is 10.3. The molecule has 0 amide bonds. The average molecular weight is 202 g/mol. The van der Waals surface area contributed by atoms with E-state index in [1.54, 1.807) is 0 Å². The largest absolute Gasteiger partial charge is 0.389 e. The Hall–Kier alpha value is -1.36. The molecule has 0 aliphatic carbocycles. The Morgan fingerprint density at radius 2 is 2.54 bits per heavy atom. The van der Waals surface area contributed by atoms with Crippen LogP contribution in [0.5, 0.6) is 0 Å². The standard InChI is InChI=1S/C7H8ClN3O2/c1-6(4-8)5-10-3-2-7(9-10)11(12)13/h2-3H,1,4-5H2. The summed E-state index contributed by atoms with van der Waals surface area (Å²) in [4.78, 5) is 9.71. The third kappa shape index (κ3) is 2.55. The molecule has 0 N–H and O–H groups in total. The summed E-state index contributed by atoms with van der Waals surface area (Å²) >= 11 is 5.50. The highest BCUT2D eigenvalue weighted by atomic mass is 35.5. The van der Waals surface area contributed by atoms with Gasteiger partial charge in [-0.15, -0.1) is 11.6 Å². The average Bonchev–Trinajstić information content (AvgIpc) is 2.52. The van der Waals surface area contributed by atoms with Crippen LogP contribution in [-0.4, -0.2) is 20.6 Å².